The number of hydrogen-bond donors (Lipinski definition) is 2. The van der Waals surface area contributed by atoms with Crippen molar-refractivity contribution in [2.24, 2.45) is 5.41 Å². The molecule has 0 unspecified atom stereocenters. The predicted octanol–water partition coefficient (Wildman–Crippen LogP) is 4.02. The predicted molar refractivity (Wildman–Crippen MR) is 123 cm³/mol. The summed E-state index contributed by atoms with van der Waals surface area (Å²) in [6.07, 6.45) is 2.28. The van der Waals surface area contributed by atoms with E-state index in [1.807, 2.05) is 24.3 Å². The standard InChI is InChI=1S/C26H30N2O4/c1-4-13-26(14-15-28(2,3)17-26)23(24(29)30)27-25(31)32-16-22-20-11-7-5-9-18(20)19-10-6-8-12-21(19)22/h4-12,22-23H,1,13-17H2,2-3H3,(H-,27,29,30,31)/p+1/t23-,26+/m1/s1. The summed E-state index contributed by atoms with van der Waals surface area (Å²) in [7, 11) is 4.16. The third kappa shape index (κ3) is 4.02. The normalized spacial score (nSPS) is 21.9. The first-order valence-corrected chi connectivity index (χ1v) is 11.0. The highest BCUT2D eigenvalue weighted by molar-refractivity contribution is 5.81. The third-order valence-corrected chi connectivity index (χ3v) is 6.97. The lowest BCUT2D eigenvalue weighted by Gasteiger charge is -2.34. The van der Waals surface area contributed by atoms with Gasteiger partial charge in [0, 0.05) is 12.3 Å². The number of nitrogens with one attached hydrogen (secondary N) is 1. The number of benzene rings is 2. The van der Waals surface area contributed by atoms with Crippen molar-refractivity contribution in [2.45, 2.75) is 24.8 Å². The zero-order chi connectivity index (χ0) is 22.9. The average molecular weight is 436 g/mol. The van der Waals surface area contributed by atoms with Gasteiger partial charge in [0.15, 0.2) is 0 Å². The summed E-state index contributed by atoms with van der Waals surface area (Å²) in [5, 5.41) is 12.6. The number of aliphatic carboxylic acids is 1. The Bertz CT molecular complexity index is 1000. The first-order valence-electron chi connectivity index (χ1n) is 11.0. The molecule has 2 N–H and O–H groups in total. The lowest BCUT2D eigenvalue weighted by Crippen LogP contribution is -2.55. The molecule has 0 saturated carbocycles. The molecule has 4 rings (SSSR count). The number of quaternary nitrogens is 1. The van der Waals surface area contributed by atoms with Crippen molar-refractivity contribution >= 4 is 12.1 Å². The molecule has 0 radical (unpaired) electrons. The zero-order valence-corrected chi connectivity index (χ0v) is 18.7. The Balaban J connectivity index is 1.49. The van der Waals surface area contributed by atoms with Crippen LogP contribution in [0.1, 0.15) is 29.9 Å². The number of ether oxygens (including phenoxy) is 1. The molecule has 1 aliphatic carbocycles. The first kappa shape index (κ1) is 22.1. The summed E-state index contributed by atoms with van der Waals surface area (Å²) in [6, 6.07) is 15.2. The minimum atomic E-state index is -1.04. The summed E-state index contributed by atoms with van der Waals surface area (Å²) >= 11 is 0. The maximum absolute atomic E-state index is 12.8. The quantitative estimate of drug-likeness (QED) is 0.509. The fraction of sp³-hybridized carbons (Fsp3) is 0.385. The van der Waals surface area contributed by atoms with Crippen LogP contribution in [0.4, 0.5) is 4.79 Å². The fourth-order valence-electron chi connectivity index (χ4n) is 5.58. The molecule has 1 heterocycles. The molecule has 1 saturated heterocycles. The number of carboxylic acid groups (broad SMARTS) is 1. The molecule has 6 heteroatoms. The molecule has 0 spiro atoms. The molecule has 1 amide bonds. The van der Waals surface area contributed by atoms with Gasteiger partial charge < -0.3 is 19.6 Å². The Hall–Kier alpha value is -3.12. The maximum Gasteiger partial charge on any atom is 0.407 e. The van der Waals surface area contributed by atoms with E-state index in [1.165, 1.54) is 0 Å². The van der Waals surface area contributed by atoms with E-state index in [0.29, 0.717) is 23.9 Å². The second-order valence-corrected chi connectivity index (χ2v) is 9.66. The number of fused-ring (bicyclic) bond motifs is 3. The van der Waals surface area contributed by atoms with E-state index >= 15 is 0 Å². The Morgan fingerprint density at radius 2 is 1.78 bits per heavy atom. The van der Waals surface area contributed by atoms with E-state index in [-0.39, 0.29) is 12.5 Å². The summed E-state index contributed by atoms with van der Waals surface area (Å²) in [5.41, 5.74) is 3.96. The van der Waals surface area contributed by atoms with Crippen molar-refractivity contribution in [2.75, 3.05) is 33.8 Å². The van der Waals surface area contributed by atoms with Crippen molar-refractivity contribution in [3.8, 4) is 11.1 Å². The largest absolute Gasteiger partial charge is 0.480 e. The number of nitrogens with zero attached hydrogens (tertiary/aromatic N) is 1. The number of likely N-dealkylation sites (tertiary alicyclic amines) is 1. The zero-order valence-electron chi connectivity index (χ0n) is 18.7. The molecule has 0 aromatic heterocycles. The van der Waals surface area contributed by atoms with Crippen LogP contribution in [-0.4, -0.2) is 61.5 Å². The lowest BCUT2D eigenvalue weighted by molar-refractivity contribution is -0.881. The fourth-order valence-corrected chi connectivity index (χ4v) is 5.58. The van der Waals surface area contributed by atoms with Crippen LogP contribution in [0.2, 0.25) is 0 Å². The van der Waals surface area contributed by atoms with E-state index in [2.05, 4.69) is 50.3 Å². The molecular formula is C26H31N2O4+. The smallest absolute Gasteiger partial charge is 0.407 e. The number of alkyl carbamates (subject to hydrolysis) is 1. The van der Waals surface area contributed by atoms with Crippen molar-refractivity contribution in [1.82, 2.24) is 5.32 Å². The van der Waals surface area contributed by atoms with Crippen LogP contribution in [0.5, 0.6) is 0 Å². The van der Waals surface area contributed by atoms with Crippen LogP contribution in [0.3, 0.4) is 0 Å². The van der Waals surface area contributed by atoms with Crippen LogP contribution in [0.25, 0.3) is 11.1 Å². The maximum atomic E-state index is 12.8. The van der Waals surface area contributed by atoms with Crippen LogP contribution in [0.15, 0.2) is 61.2 Å². The Kier molecular flexibility index (Phi) is 5.82. The average Bonchev–Trinajstić information content (AvgIpc) is 3.25. The Morgan fingerprint density at radius 3 is 2.28 bits per heavy atom. The summed E-state index contributed by atoms with van der Waals surface area (Å²) in [6.45, 7) is 5.48. The molecule has 1 fully saturated rings. The second kappa shape index (κ2) is 8.43. The van der Waals surface area contributed by atoms with Crippen LogP contribution >= 0.6 is 0 Å². The van der Waals surface area contributed by atoms with Crippen LogP contribution in [0, 0.1) is 5.41 Å². The van der Waals surface area contributed by atoms with Gasteiger partial charge in [-0.25, -0.2) is 9.59 Å². The van der Waals surface area contributed by atoms with Crippen molar-refractivity contribution in [1.29, 1.82) is 0 Å². The molecule has 0 bridgehead atoms. The van der Waals surface area contributed by atoms with E-state index < -0.39 is 23.5 Å². The van der Waals surface area contributed by atoms with Crippen molar-refractivity contribution in [3.05, 3.63) is 72.3 Å². The number of carbonyl (C=O) groups is 2. The van der Waals surface area contributed by atoms with Gasteiger partial charge in [-0.15, -0.1) is 6.58 Å². The van der Waals surface area contributed by atoms with Gasteiger partial charge in [0.2, 0.25) is 0 Å². The van der Waals surface area contributed by atoms with Crippen molar-refractivity contribution in [3.63, 3.8) is 0 Å². The highest BCUT2D eigenvalue weighted by Crippen LogP contribution is 2.44. The number of rotatable bonds is 7. The van der Waals surface area contributed by atoms with E-state index in [1.54, 1.807) is 6.08 Å². The third-order valence-electron chi connectivity index (χ3n) is 6.97. The molecular weight excluding hydrogens is 404 g/mol. The molecule has 2 aromatic carbocycles. The number of carbonyl (C=O) groups excluding carboxylic acids is 1. The van der Waals surface area contributed by atoms with Gasteiger partial charge in [-0.2, -0.15) is 0 Å². The molecule has 2 atom stereocenters. The summed E-state index contributed by atoms with van der Waals surface area (Å²) in [4.78, 5) is 25.0. The molecule has 168 valence electrons. The summed E-state index contributed by atoms with van der Waals surface area (Å²) in [5.74, 6) is -1.11. The number of carboxylic acids is 1. The number of allylic oxidation sites excluding steroid dienone is 1. The lowest BCUT2D eigenvalue weighted by atomic mass is 9.76. The van der Waals surface area contributed by atoms with Gasteiger partial charge in [-0.3, -0.25) is 0 Å². The van der Waals surface area contributed by atoms with Gasteiger partial charge in [0.1, 0.15) is 12.6 Å². The summed E-state index contributed by atoms with van der Waals surface area (Å²) < 4.78 is 6.32. The van der Waals surface area contributed by atoms with Gasteiger partial charge in [-0.05, 0) is 28.7 Å². The Labute approximate surface area is 189 Å². The number of amides is 1. The first-order chi connectivity index (χ1) is 15.3. The van der Waals surface area contributed by atoms with E-state index in [4.69, 9.17) is 4.74 Å². The SMILES string of the molecule is C=CC[C@]1([C@H](NC(=O)OCC2c3ccccc3-c3ccccc32)C(=O)O)CC[N+](C)(C)C1. The van der Waals surface area contributed by atoms with Gasteiger partial charge in [-0.1, -0.05) is 54.6 Å². The van der Waals surface area contributed by atoms with Gasteiger partial charge in [0.25, 0.3) is 0 Å². The molecule has 1 aliphatic heterocycles. The van der Waals surface area contributed by atoms with Crippen LogP contribution in [-0.2, 0) is 9.53 Å². The minimum Gasteiger partial charge on any atom is -0.480 e. The second-order valence-electron chi connectivity index (χ2n) is 9.66. The molecule has 6 nitrogen and oxygen atoms in total. The Morgan fingerprint density at radius 1 is 1.19 bits per heavy atom. The van der Waals surface area contributed by atoms with Gasteiger partial charge in [0.05, 0.1) is 32.6 Å². The van der Waals surface area contributed by atoms with Gasteiger partial charge >= 0.3 is 12.1 Å². The van der Waals surface area contributed by atoms with E-state index in [0.717, 1.165) is 28.8 Å². The highest BCUT2D eigenvalue weighted by Gasteiger charge is 2.52. The topological polar surface area (TPSA) is 75.6 Å². The van der Waals surface area contributed by atoms with E-state index in [9.17, 15) is 14.7 Å². The molecule has 2 aliphatic rings. The highest BCUT2D eigenvalue weighted by atomic mass is 16.5. The molecule has 2 aromatic rings. The van der Waals surface area contributed by atoms with Crippen molar-refractivity contribution < 1.29 is 23.9 Å². The minimum absolute atomic E-state index is 0.0688. The molecule has 32 heavy (non-hydrogen) atoms. The number of hydrogen-bond acceptors (Lipinski definition) is 3. The van der Waals surface area contributed by atoms with Crippen LogP contribution < -0.4 is 5.32 Å². The monoisotopic (exact) mass is 435 g/mol.